The Hall–Kier alpha value is -2.19. The quantitative estimate of drug-likeness (QED) is 0.811. The van der Waals surface area contributed by atoms with Crippen molar-refractivity contribution in [3.8, 4) is 6.07 Å². The number of nitriles is 1. The fourth-order valence-corrected chi connectivity index (χ4v) is 3.37. The standard InChI is InChI=1S/C17H19N3OS/c1-11-14(17(2,3)4)22-16(20(11)5)19-15(21)13-8-6-7-12(9-13)10-18/h6-9H,1-5H3. The fraction of sp³-hybridized carbons (Fsp3) is 0.353. The lowest BCUT2D eigenvalue weighted by molar-refractivity contribution is 0.0998. The summed E-state index contributed by atoms with van der Waals surface area (Å²) in [6.07, 6.45) is 0. The van der Waals surface area contributed by atoms with Crippen molar-refractivity contribution in [1.82, 2.24) is 4.57 Å². The van der Waals surface area contributed by atoms with E-state index in [1.54, 1.807) is 24.3 Å². The average Bonchev–Trinajstić information content (AvgIpc) is 2.75. The second-order valence-electron chi connectivity index (χ2n) is 6.22. The van der Waals surface area contributed by atoms with Gasteiger partial charge in [-0.2, -0.15) is 10.3 Å². The van der Waals surface area contributed by atoms with Crippen LogP contribution in [0, 0.1) is 18.3 Å². The summed E-state index contributed by atoms with van der Waals surface area (Å²) in [5.74, 6) is -0.325. The van der Waals surface area contributed by atoms with Crippen LogP contribution < -0.4 is 4.80 Å². The second kappa shape index (κ2) is 5.90. The highest BCUT2D eigenvalue weighted by atomic mass is 32.1. The van der Waals surface area contributed by atoms with Gasteiger partial charge >= 0.3 is 0 Å². The number of carbonyl (C=O) groups is 1. The third-order valence-electron chi connectivity index (χ3n) is 3.43. The minimum atomic E-state index is -0.325. The first-order valence-corrected chi connectivity index (χ1v) is 7.82. The van der Waals surface area contributed by atoms with E-state index in [1.807, 2.05) is 24.6 Å². The number of hydrogen-bond donors (Lipinski definition) is 0. The van der Waals surface area contributed by atoms with E-state index in [4.69, 9.17) is 5.26 Å². The van der Waals surface area contributed by atoms with Gasteiger partial charge in [-0.05, 0) is 30.5 Å². The van der Waals surface area contributed by atoms with Crippen LogP contribution in [0.1, 0.15) is 47.3 Å². The van der Waals surface area contributed by atoms with E-state index in [1.165, 1.54) is 16.2 Å². The monoisotopic (exact) mass is 313 g/mol. The molecule has 2 aromatic rings. The third-order valence-corrected chi connectivity index (χ3v) is 5.09. The van der Waals surface area contributed by atoms with Gasteiger partial charge in [-0.1, -0.05) is 26.8 Å². The van der Waals surface area contributed by atoms with Gasteiger partial charge in [0, 0.05) is 23.2 Å². The maximum atomic E-state index is 12.3. The van der Waals surface area contributed by atoms with Crippen LogP contribution in [0.3, 0.4) is 0 Å². The first kappa shape index (κ1) is 16.2. The van der Waals surface area contributed by atoms with Gasteiger partial charge < -0.3 is 4.57 Å². The molecule has 0 aliphatic rings. The summed E-state index contributed by atoms with van der Waals surface area (Å²) in [7, 11) is 1.92. The van der Waals surface area contributed by atoms with Crippen LogP contribution in [0.15, 0.2) is 29.3 Å². The molecular weight excluding hydrogens is 294 g/mol. The van der Waals surface area contributed by atoms with Crippen LogP contribution in [0.25, 0.3) is 0 Å². The molecule has 2 rings (SSSR count). The molecule has 4 nitrogen and oxygen atoms in total. The molecule has 0 saturated heterocycles. The minimum absolute atomic E-state index is 0.0179. The Balaban J connectivity index is 2.50. The second-order valence-corrected chi connectivity index (χ2v) is 7.20. The number of amides is 1. The number of carbonyl (C=O) groups excluding carboxylic acids is 1. The minimum Gasteiger partial charge on any atom is -0.324 e. The molecule has 0 fully saturated rings. The third kappa shape index (κ3) is 3.18. The van der Waals surface area contributed by atoms with Crippen molar-refractivity contribution in [3.05, 3.63) is 50.8 Å². The van der Waals surface area contributed by atoms with Gasteiger partial charge in [0.1, 0.15) is 0 Å². The molecule has 1 heterocycles. The van der Waals surface area contributed by atoms with E-state index >= 15 is 0 Å². The first-order valence-electron chi connectivity index (χ1n) is 7.00. The van der Waals surface area contributed by atoms with Crippen molar-refractivity contribution in [2.45, 2.75) is 33.1 Å². The molecule has 0 atom stereocenters. The normalized spacial score (nSPS) is 12.3. The highest BCUT2D eigenvalue weighted by Gasteiger charge is 2.21. The molecule has 22 heavy (non-hydrogen) atoms. The van der Waals surface area contributed by atoms with E-state index in [-0.39, 0.29) is 11.3 Å². The summed E-state index contributed by atoms with van der Waals surface area (Å²) in [5, 5.41) is 8.91. The molecule has 0 bridgehead atoms. The van der Waals surface area contributed by atoms with Crippen molar-refractivity contribution in [3.63, 3.8) is 0 Å². The molecule has 1 aromatic heterocycles. The Bertz CT molecular complexity index is 829. The molecule has 0 N–H and O–H groups in total. The van der Waals surface area contributed by atoms with Crippen LogP contribution in [0.4, 0.5) is 0 Å². The van der Waals surface area contributed by atoms with Gasteiger partial charge in [-0.3, -0.25) is 4.79 Å². The number of aromatic nitrogens is 1. The van der Waals surface area contributed by atoms with Crippen molar-refractivity contribution >= 4 is 17.2 Å². The molecule has 0 aliphatic carbocycles. The molecule has 0 unspecified atom stereocenters. The van der Waals surface area contributed by atoms with Crippen LogP contribution in [0.5, 0.6) is 0 Å². The molecule has 1 aromatic carbocycles. The lowest BCUT2D eigenvalue weighted by atomic mass is 9.93. The van der Waals surface area contributed by atoms with E-state index in [9.17, 15) is 4.79 Å². The summed E-state index contributed by atoms with van der Waals surface area (Å²) in [4.78, 5) is 18.4. The molecule has 0 spiro atoms. The Morgan fingerprint density at radius 2 is 2.05 bits per heavy atom. The zero-order valence-electron chi connectivity index (χ0n) is 13.5. The highest BCUT2D eigenvalue weighted by molar-refractivity contribution is 7.09. The maximum Gasteiger partial charge on any atom is 0.279 e. The zero-order chi connectivity index (χ0) is 16.5. The summed E-state index contributed by atoms with van der Waals surface area (Å²) in [5.41, 5.74) is 2.03. The van der Waals surface area contributed by atoms with Crippen molar-refractivity contribution in [2.75, 3.05) is 0 Å². The van der Waals surface area contributed by atoms with Gasteiger partial charge in [0.2, 0.25) is 0 Å². The largest absolute Gasteiger partial charge is 0.324 e. The molecule has 5 heteroatoms. The van der Waals surface area contributed by atoms with E-state index in [0.29, 0.717) is 15.9 Å². The molecule has 0 aliphatic heterocycles. The Labute approximate surface area is 134 Å². The van der Waals surface area contributed by atoms with Gasteiger partial charge in [0.05, 0.1) is 11.6 Å². The van der Waals surface area contributed by atoms with Gasteiger partial charge in [-0.15, -0.1) is 11.3 Å². The first-order chi connectivity index (χ1) is 10.2. The van der Waals surface area contributed by atoms with Crippen molar-refractivity contribution in [2.24, 2.45) is 12.0 Å². The average molecular weight is 313 g/mol. The molecule has 114 valence electrons. The Kier molecular flexibility index (Phi) is 4.34. The van der Waals surface area contributed by atoms with E-state index in [0.717, 1.165) is 5.69 Å². The number of thiazole rings is 1. The molecule has 0 radical (unpaired) electrons. The summed E-state index contributed by atoms with van der Waals surface area (Å²) < 4.78 is 1.94. The van der Waals surface area contributed by atoms with Crippen LogP contribution >= 0.6 is 11.3 Å². The number of rotatable bonds is 1. The molecular formula is C17H19N3OS. The summed E-state index contributed by atoms with van der Waals surface area (Å²) in [6, 6.07) is 8.65. The molecule has 1 amide bonds. The molecule has 0 saturated carbocycles. The zero-order valence-corrected chi connectivity index (χ0v) is 14.3. The summed E-state index contributed by atoms with van der Waals surface area (Å²) >= 11 is 1.54. The van der Waals surface area contributed by atoms with E-state index < -0.39 is 0 Å². The smallest absolute Gasteiger partial charge is 0.279 e. The SMILES string of the molecule is Cc1c(C(C)(C)C)sc(=NC(=O)c2cccc(C#N)c2)n1C. The Morgan fingerprint density at radius 1 is 1.36 bits per heavy atom. The van der Waals surface area contributed by atoms with Crippen LogP contribution in [-0.2, 0) is 12.5 Å². The van der Waals surface area contributed by atoms with Crippen LogP contribution in [0.2, 0.25) is 0 Å². The number of benzene rings is 1. The highest BCUT2D eigenvalue weighted by Crippen LogP contribution is 2.27. The Morgan fingerprint density at radius 3 is 2.59 bits per heavy atom. The lowest BCUT2D eigenvalue weighted by Gasteiger charge is -2.17. The number of nitrogens with zero attached hydrogens (tertiary/aromatic N) is 3. The number of hydrogen-bond acceptors (Lipinski definition) is 3. The topological polar surface area (TPSA) is 58.1 Å². The lowest BCUT2D eigenvalue weighted by Crippen LogP contribution is -2.15. The van der Waals surface area contributed by atoms with Gasteiger partial charge in [0.25, 0.3) is 5.91 Å². The van der Waals surface area contributed by atoms with Gasteiger partial charge in [-0.25, -0.2) is 0 Å². The maximum absolute atomic E-state index is 12.3. The fourth-order valence-electron chi connectivity index (χ4n) is 2.20. The predicted molar refractivity (Wildman–Crippen MR) is 87.8 cm³/mol. The van der Waals surface area contributed by atoms with Gasteiger partial charge in [0.15, 0.2) is 4.80 Å². The van der Waals surface area contributed by atoms with Crippen LogP contribution in [-0.4, -0.2) is 10.5 Å². The van der Waals surface area contributed by atoms with Crippen molar-refractivity contribution in [1.29, 1.82) is 5.26 Å². The summed E-state index contributed by atoms with van der Waals surface area (Å²) in [6.45, 7) is 8.48. The van der Waals surface area contributed by atoms with Crippen molar-refractivity contribution < 1.29 is 4.79 Å². The van der Waals surface area contributed by atoms with E-state index in [2.05, 4.69) is 25.8 Å². The predicted octanol–water partition coefficient (Wildman–Crippen LogP) is 3.31.